The van der Waals surface area contributed by atoms with Crippen molar-refractivity contribution in [2.24, 2.45) is 11.3 Å². The second kappa shape index (κ2) is 8.58. The Balaban J connectivity index is 3.38. The number of nitrogens with zero attached hydrogens (tertiary/aromatic N) is 1. The van der Waals surface area contributed by atoms with Gasteiger partial charge in [0.1, 0.15) is 0 Å². The monoisotopic (exact) mass is 224 g/mol. The predicted octanol–water partition coefficient (Wildman–Crippen LogP) is 3.73. The minimum atomic E-state index is -0.143. The fourth-order valence-corrected chi connectivity index (χ4v) is 1.76. The van der Waals surface area contributed by atoms with Gasteiger partial charge in [-0.25, -0.2) is 0 Å². The van der Waals surface area contributed by atoms with E-state index in [-0.39, 0.29) is 5.41 Å². The number of hydrogen-bond acceptors (Lipinski definition) is 2. The lowest BCUT2D eigenvalue weighted by Crippen LogP contribution is -2.23. The van der Waals surface area contributed by atoms with E-state index in [1.54, 1.807) is 0 Å². The van der Waals surface area contributed by atoms with E-state index < -0.39 is 0 Å². The van der Waals surface area contributed by atoms with Crippen LogP contribution >= 0.6 is 0 Å². The molecule has 0 bridgehead atoms. The molecule has 16 heavy (non-hydrogen) atoms. The van der Waals surface area contributed by atoms with E-state index in [9.17, 15) is 0 Å². The third kappa shape index (κ3) is 7.70. The van der Waals surface area contributed by atoms with Crippen LogP contribution in [0.1, 0.15) is 59.8 Å². The SMILES string of the molecule is CCC(CC)CNCCCCC(C)(C)C#N. The molecule has 0 unspecified atom stereocenters. The van der Waals surface area contributed by atoms with Crippen LogP contribution in [0.2, 0.25) is 0 Å². The lowest BCUT2D eigenvalue weighted by Gasteiger charge is -2.15. The molecule has 0 aliphatic rings. The largest absolute Gasteiger partial charge is 0.316 e. The molecular formula is C14H28N2. The zero-order valence-electron chi connectivity index (χ0n) is 11.5. The Morgan fingerprint density at radius 3 is 2.31 bits per heavy atom. The van der Waals surface area contributed by atoms with E-state index >= 15 is 0 Å². The number of nitrogens with one attached hydrogen (secondary N) is 1. The molecule has 2 heteroatoms. The highest BCUT2D eigenvalue weighted by molar-refractivity contribution is 4.91. The van der Waals surface area contributed by atoms with Gasteiger partial charge in [0.15, 0.2) is 0 Å². The van der Waals surface area contributed by atoms with E-state index in [4.69, 9.17) is 5.26 Å². The number of hydrogen-bond donors (Lipinski definition) is 1. The first-order chi connectivity index (χ1) is 7.55. The molecule has 0 aromatic heterocycles. The summed E-state index contributed by atoms with van der Waals surface area (Å²) in [6, 6.07) is 2.35. The topological polar surface area (TPSA) is 35.8 Å². The third-order valence-electron chi connectivity index (χ3n) is 3.30. The summed E-state index contributed by atoms with van der Waals surface area (Å²) >= 11 is 0. The lowest BCUT2D eigenvalue weighted by molar-refractivity contribution is 0.409. The predicted molar refractivity (Wildman–Crippen MR) is 70.2 cm³/mol. The van der Waals surface area contributed by atoms with Crippen LogP contribution in [0.3, 0.4) is 0 Å². The summed E-state index contributed by atoms with van der Waals surface area (Å²) in [7, 11) is 0. The molecule has 0 rings (SSSR count). The quantitative estimate of drug-likeness (QED) is 0.606. The van der Waals surface area contributed by atoms with Crippen LogP contribution in [0.15, 0.2) is 0 Å². The summed E-state index contributed by atoms with van der Waals surface area (Å²) in [5.74, 6) is 0.829. The third-order valence-corrected chi connectivity index (χ3v) is 3.30. The van der Waals surface area contributed by atoms with Crippen molar-refractivity contribution in [2.45, 2.75) is 59.8 Å². The van der Waals surface area contributed by atoms with Crippen LogP contribution in [0.25, 0.3) is 0 Å². The molecule has 0 aliphatic heterocycles. The highest BCUT2D eigenvalue weighted by Gasteiger charge is 2.15. The van der Waals surface area contributed by atoms with Crippen LogP contribution in [-0.2, 0) is 0 Å². The number of rotatable bonds is 9. The fourth-order valence-electron chi connectivity index (χ4n) is 1.76. The van der Waals surface area contributed by atoms with Gasteiger partial charge in [0, 0.05) is 0 Å². The lowest BCUT2D eigenvalue weighted by atomic mass is 9.89. The van der Waals surface area contributed by atoms with Crippen molar-refractivity contribution in [2.75, 3.05) is 13.1 Å². The molecule has 0 saturated heterocycles. The van der Waals surface area contributed by atoms with E-state index in [0.29, 0.717) is 0 Å². The number of unbranched alkanes of at least 4 members (excludes halogenated alkanes) is 1. The van der Waals surface area contributed by atoms with E-state index in [0.717, 1.165) is 31.8 Å². The summed E-state index contributed by atoms with van der Waals surface area (Å²) in [6.07, 6.45) is 5.88. The molecule has 1 N–H and O–H groups in total. The smallest absolute Gasteiger partial charge is 0.0683 e. The van der Waals surface area contributed by atoms with Crippen LogP contribution in [0.5, 0.6) is 0 Å². The maximum atomic E-state index is 8.87. The van der Waals surface area contributed by atoms with Gasteiger partial charge in [-0.3, -0.25) is 0 Å². The zero-order valence-corrected chi connectivity index (χ0v) is 11.5. The van der Waals surface area contributed by atoms with Gasteiger partial charge < -0.3 is 5.32 Å². The summed E-state index contributed by atoms with van der Waals surface area (Å²) < 4.78 is 0. The van der Waals surface area contributed by atoms with Crippen LogP contribution in [-0.4, -0.2) is 13.1 Å². The average molecular weight is 224 g/mol. The molecule has 0 amide bonds. The standard InChI is InChI=1S/C14H28N2/c1-5-13(6-2)11-16-10-8-7-9-14(3,4)12-15/h13,16H,5-11H2,1-4H3. The van der Waals surface area contributed by atoms with Gasteiger partial charge in [0.05, 0.1) is 11.5 Å². The van der Waals surface area contributed by atoms with Gasteiger partial charge >= 0.3 is 0 Å². The molecular weight excluding hydrogens is 196 g/mol. The molecule has 0 heterocycles. The van der Waals surface area contributed by atoms with E-state index in [1.807, 2.05) is 13.8 Å². The maximum Gasteiger partial charge on any atom is 0.0683 e. The number of nitriles is 1. The molecule has 0 atom stereocenters. The normalized spacial score (nSPS) is 11.8. The maximum absolute atomic E-state index is 8.87. The van der Waals surface area contributed by atoms with E-state index in [2.05, 4.69) is 25.2 Å². The van der Waals surface area contributed by atoms with Crippen LogP contribution in [0, 0.1) is 22.7 Å². The Morgan fingerprint density at radius 2 is 1.81 bits per heavy atom. The van der Waals surface area contributed by atoms with Crippen LogP contribution < -0.4 is 5.32 Å². The molecule has 0 radical (unpaired) electrons. The first-order valence-electron chi connectivity index (χ1n) is 6.67. The molecule has 0 aliphatic carbocycles. The Labute approximate surface area is 101 Å². The van der Waals surface area contributed by atoms with Crippen molar-refractivity contribution in [3.63, 3.8) is 0 Å². The van der Waals surface area contributed by atoms with E-state index in [1.165, 1.54) is 19.3 Å². The molecule has 94 valence electrons. The highest BCUT2D eigenvalue weighted by Crippen LogP contribution is 2.21. The van der Waals surface area contributed by atoms with Crippen molar-refractivity contribution in [3.05, 3.63) is 0 Å². The molecule has 0 saturated carbocycles. The summed E-state index contributed by atoms with van der Waals surface area (Å²) in [6.45, 7) is 10.8. The Morgan fingerprint density at radius 1 is 1.19 bits per heavy atom. The van der Waals surface area contributed by atoms with Crippen molar-refractivity contribution in [1.82, 2.24) is 5.32 Å². The summed E-state index contributed by atoms with van der Waals surface area (Å²) in [5.41, 5.74) is -0.143. The minimum Gasteiger partial charge on any atom is -0.316 e. The van der Waals surface area contributed by atoms with Crippen molar-refractivity contribution < 1.29 is 0 Å². The highest BCUT2D eigenvalue weighted by atomic mass is 14.8. The second-order valence-corrected chi connectivity index (χ2v) is 5.34. The Bertz CT molecular complexity index is 199. The van der Waals surface area contributed by atoms with Crippen LogP contribution in [0.4, 0.5) is 0 Å². The first kappa shape index (κ1) is 15.4. The van der Waals surface area contributed by atoms with Gasteiger partial charge in [0.2, 0.25) is 0 Å². The second-order valence-electron chi connectivity index (χ2n) is 5.34. The molecule has 0 spiro atoms. The van der Waals surface area contributed by atoms with Gasteiger partial charge in [-0.1, -0.05) is 33.1 Å². The molecule has 0 fully saturated rings. The Hall–Kier alpha value is -0.550. The molecule has 2 nitrogen and oxygen atoms in total. The van der Waals surface area contributed by atoms with Crippen molar-refractivity contribution in [3.8, 4) is 6.07 Å². The summed E-state index contributed by atoms with van der Waals surface area (Å²) in [5, 5.41) is 12.4. The minimum absolute atomic E-state index is 0.143. The first-order valence-corrected chi connectivity index (χ1v) is 6.67. The van der Waals surface area contributed by atoms with Crippen molar-refractivity contribution in [1.29, 1.82) is 5.26 Å². The fraction of sp³-hybridized carbons (Fsp3) is 0.929. The van der Waals surface area contributed by atoms with Gasteiger partial charge in [-0.2, -0.15) is 5.26 Å². The Kier molecular flexibility index (Phi) is 8.29. The van der Waals surface area contributed by atoms with Gasteiger partial charge in [0.25, 0.3) is 0 Å². The van der Waals surface area contributed by atoms with Crippen molar-refractivity contribution >= 4 is 0 Å². The zero-order chi connectivity index (χ0) is 12.4. The average Bonchev–Trinajstić information content (AvgIpc) is 2.28. The van der Waals surface area contributed by atoms with Gasteiger partial charge in [-0.05, 0) is 45.7 Å². The molecule has 0 aromatic carbocycles. The van der Waals surface area contributed by atoms with Gasteiger partial charge in [-0.15, -0.1) is 0 Å². The summed E-state index contributed by atoms with van der Waals surface area (Å²) in [4.78, 5) is 0. The molecule has 0 aromatic rings.